The number of aliphatic hydroxyl groups is 1. The molecular formula is C15H20BrN3O. The van der Waals surface area contributed by atoms with Gasteiger partial charge in [-0.2, -0.15) is 5.10 Å². The molecule has 0 aliphatic rings. The van der Waals surface area contributed by atoms with Gasteiger partial charge in [0.2, 0.25) is 0 Å². The van der Waals surface area contributed by atoms with Crippen LogP contribution < -0.4 is 0 Å². The van der Waals surface area contributed by atoms with Crippen molar-refractivity contribution in [2.45, 2.75) is 39.2 Å². The van der Waals surface area contributed by atoms with Gasteiger partial charge in [-0.15, -0.1) is 0 Å². The Morgan fingerprint density at radius 2 is 2.10 bits per heavy atom. The van der Waals surface area contributed by atoms with Gasteiger partial charge in [0.1, 0.15) is 6.10 Å². The lowest BCUT2D eigenvalue weighted by Crippen LogP contribution is -2.10. The maximum atomic E-state index is 10.5. The van der Waals surface area contributed by atoms with Gasteiger partial charge >= 0.3 is 0 Å². The van der Waals surface area contributed by atoms with Gasteiger partial charge in [-0.05, 0) is 40.4 Å². The molecule has 0 aliphatic heterocycles. The van der Waals surface area contributed by atoms with Crippen molar-refractivity contribution in [1.29, 1.82) is 0 Å². The van der Waals surface area contributed by atoms with E-state index >= 15 is 0 Å². The highest BCUT2D eigenvalue weighted by Gasteiger charge is 2.19. The topological polar surface area (TPSA) is 50.9 Å². The third-order valence-electron chi connectivity index (χ3n) is 3.51. The van der Waals surface area contributed by atoms with Crippen molar-refractivity contribution in [3.05, 3.63) is 45.4 Å². The highest BCUT2D eigenvalue weighted by atomic mass is 79.9. The molecule has 5 heteroatoms. The summed E-state index contributed by atoms with van der Waals surface area (Å²) in [4.78, 5) is 4.34. The first-order valence-electron chi connectivity index (χ1n) is 6.90. The lowest BCUT2D eigenvalue weighted by Gasteiger charge is -2.14. The molecule has 0 bridgehead atoms. The molecule has 0 saturated heterocycles. The summed E-state index contributed by atoms with van der Waals surface area (Å²) in [6.45, 7) is 4.14. The van der Waals surface area contributed by atoms with E-state index in [1.54, 1.807) is 6.20 Å². The average Bonchev–Trinajstić information content (AvgIpc) is 2.74. The molecule has 0 spiro atoms. The maximum absolute atomic E-state index is 10.5. The molecule has 1 atom stereocenters. The van der Waals surface area contributed by atoms with E-state index in [1.165, 1.54) is 0 Å². The highest BCUT2D eigenvalue weighted by Crippen LogP contribution is 2.27. The Labute approximate surface area is 128 Å². The number of hydrogen-bond donors (Lipinski definition) is 1. The van der Waals surface area contributed by atoms with Crippen LogP contribution in [-0.2, 0) is 26.3 Å². The van der Waals surface area contributed by atoms with E-state index in [0.717, 1.165) is 40.0 Å². The first kappa shape index (κ1) is 15.2. The number of halogens is 1. The van der Waals surface area contributed by atoms with Gasteiger partial charge in [0.05, 0.1) is 21.6 Å². The van der Waals surface area contributed by atoms with Gasteiger partial charge in [-0.3, -0.25) is 9.67 Å². The monoisotopic (exact) mass is 337 g/mol. The number of rotatable bonds is 5. The molecule has 2 heterocycles. The lowest BCUT2D eigenvalue weighted by molar-refractivity contribution is 0.169. The van der Waals surface area contributed by atoms with Crippen molar-refractivity contribution in [2.24, 2.45) is 7.05 Å². The van der Waals surface area contributed by atoms with E-state index < -0.39 is 6.10 Å². The van der Waals surface area contributed by atoms with Gasteiger partial charge in [0.15, 0.2) is 0 Å². The van der Waals surface area contributed by atoms with Crippen LogP contribution in [0.5, 0.6) is 0 Å². The summed E-state index contributed by atoms with van der Waals surface area (Å²) in [7, 11) is 1.91. The Morgan fingerprint density at radius 1 is 1.35 bits per heavy atom. The van der Waals surface area contributed by atoms with E-state index in [1.807, 2.05) is 23.9 Å². The van der Waals surface area contributed by atoms with E-state index in [4.69, 9.17) is 0 Å². The van der Waals surface area contributed by atoms with Crippen molar-refractivity contribution in [3.63, 3.8) is 0 Å². The molecule has 0 fully saturated rings. The molecule has 1 N–H and O–H groups in total. The van der Waals surface area contributed by atoms with Crippen molar-refractivity contribution in [1.82, 2.24) is 14.8 Å². The standard InChI is InChI=1S/C15H20BrN3O/c1-4-10-7-6-8-17-15(10)13(20)9-12-14(16)11(5-2)18-19(12)3/h6-8,13,20H,4-5,9H2,1-3H3. The Morgan fingerprint density at radius 3 is 2.70 bits per heavy atom. The van der Waals surface area contributed by atoms with Crippen LogP contribution in [0.1, 0.15) is 42.6 Å². The van der Waals surface area contributed by atoms with E-state index in [-0.39, 0.29) is 0 Å². The Kier molecular flexibility index (Phi) is 4.94. The summed E-state index contributed by atoms with van der Waals surface area (Å²) in [5.41, 5.74) is 3.88. The molecular weight excluding hydrogens is 318 g/mol. The molecule has 2 aromatic heterocycles. The molecule has 0 saturated carbocycles. The van der Waals surface area contributed by atoms with Gasteiger partial charge in [-0.25, -0.2) is 0 Å². The molecule has 0 aromatic carbocycles. The van der Waals surface area contributed by atoms with Crippen molar-refractivity contribution >= 4 is 15.9 Å². The minimum absolute atomic E-state index is 0.508. The fourth-order valence-corrected chi connectivity index (χ4v) is 3.15. The minimum atomic E-state index is -0.609. The molecule has 2 aromatic rings. The lowest BCUT2D eigenvalue weighted by atomic mass is 10.0. The SMILES string of the molecule is CCc1cccnc1C(O)Cc1c(Br)c(CC)nn1C. The Balaban J connectivity index is 2.28. The zero-order chi connectivity index (χ0) is 14.7. The third kappa shape index (κ3) is 2.94. The molecule has 0 radical (unpaired) electrons. The largest absolute Gasteiger partial charge is 0.386 e. The molecule has 108 valence electrons. The van der Waals surface area contributed by atoms with Crippen LogP contribution in [0, 0.1) is 0 Å². The quantitative estimate of drug-likeness (QED) is 0.912. The van der Waals surface area contributed by atoms with Gasteiger partial charge in [-0.1, -0.05) is 19.9 Å². The number of hydrogen-bond acceptors (Lipinski definition) is 3. The predicted octanol–water partition coefficient (Wildman–Crippen LogP) is 2.98. The highest BCUT2D eigenvalue weighted by molar-refractivity contribution is 9.10. The van der Waals surface area contributed by atoms with Gasteiger partial charge < -0.3 is 5.11 Å². The van der Waals surface area contributed by atoms with Crippen molar-refractivity contribution in [2.75, 3.05) is 0 Å². The van der Waals surface area contributed by atoms with Crippen LogP contribution in [0.4, 0.5) is 0 Å². The van der Waals surface area contributed by atoms with Crippen LogP contribution in [0.3, 0.4) is 0 Å². The van der Waals surface area contributed by atoms with Crippen LogP contribution in [0.2, 0.25) is 0 Å². The van der Waals surface area contributed by atoms with Crippen LogP contribution >= 0.6 is 15.9 Å². The zero-order valence-corrected chi connectivity index (χ0v) is 13.7. The summed E-state index contributed by atoms with van der Waals surface area (Å²) in [5.74, 6) is 0. The van der Waals surface area contributed by atoms with Crippen LogP contribution in [0.15, 0.2) is 22.8 Å². The second-order valence-corrected chi connectivity index (χ2v) is 5.60. The average molecular weight is 338 g/mol. The Bertz CT molecular complexity index is 595. The smallest absolute Gasteiger partial charge is 0.102 e. The first-order valence-corrected chi connectivity index (χ1v) is 7.69. The number of aryl methyl sites for hydroxylation is 3. The maximum Gasteiger partial charge on any atom is 0.102 e. The van der Waals surface area contributed by atoms with Crippen molar-refractivity contribution in [3.8, 4) is 0 Å². The number of pyridine rings is 1. The summed E-state index contributed by atoms with van der Waals surface area (Å²) in [6.07, 6.45) is 3.37. The summed E-state index contributed by atoms with van der Waals surface area (Å²) in [5, 5.41) is 14.9. The second kappa shape index (κ2) is 6.50. The second-order valence-electron chi connectivity index (χ2n) is 4.81. The predicted molar refractivity (Wildman–Crippen MR) is 82.6 cm³/mol. The molecule has 0 amide bonds. The minimum Gasteiger partial charge on any atom is -0.386 e. The summed E-state index contributed by atoms with van der Waals surface area (Å²) < 4.78 is 2.83. The van der Waals surface area contributed by atoms with Gasteiger partial charge in [0, 0.05) is 19.7 Å². The molecule has 0 aliphatic carbocycles. The Hall–Kier alpha value is -1.20. The first-order chi connectivity index (χ1) is 9.58. The number of nitrogens with zero attached hydrogens (tertiary/aromatic N) is 3. The van der Waals surface area contributed by atoms with Crippen LogP contribution in [0.25, 0.3) is 0 Å². The fourth-order valence-electron chi connectivity index (χ4n) is 2.37. The molecule has 1 unspecified atom stereocenters. The van der Waals surface area contributed by atoms with Gasteiger partial charge in [0.25, 0.3) is 0 Å². The van der Waals surface area contributed by atoms with E-state index in [0.29, 0.717) is 6.42 Å². The van der Waals surface area contributed by atoms with E-state index in [2.05, 4.69) is 39.9 Å². The summed E-state index contributed by atoms with van der Waals surface area (Å²) >= 11 is 3.58. The molecule has 4 nitrogen and oxygen atoms in total. The van der Waals surface area contributed by atoms with Crippen LogP contribution in [-0.4, -0.2) is 19.9 Å². The normalized spacial score (nSPS) is 12.7. The zero-order valence-electron chi connectivity index (χ0n) is 12.1. The molecule has 2 rings (SSSR count). The fraction of sp³-hybridized carbons (Fsp3) is 0.467. The number of aliphatic hydroxyl groups excluding tert-OH is 1. The number of aromatic nitrogens is 3. The molecule has 20 heavy (non-hydrogen) atoms. The van der Waals surface area contributed by atoms with Crippen molar-refractivity contribution < 1.29 is 5.11 Å². The third-order valence-corrected chi connectivity index (χ3v) is 4.43. The summed E-state index contributed by atoms with van der Waals surface area (Å²) in [6, 6.07) is 3.92. The van der Waals surface area contributed by atoms with E-state index in [9.17, 15) is 5.11 Å².